The van der Waals surface area contributed by atoms with Crippen LogP contribution in [0.2, 0.25) is 0 Å². The summed E-state index contributed by atoms with van der Waals surface area (Å²) in [5.41, 5.74) is -2.36. The van der Waals surface area contributed by atoms with Gasteiger partial charge in [0.25, 0.3) is 5.69 Å². The minimum atomic E-state index is -4.45. The van der Waals surface area contributed by atoms with Crippen molar-refractivity contribution in [2.45, 2.75) is 45.4 Å². The molecule has 0 aliphatic carbocycles. The average Bonchev–Trinajstić information content (AvgIpc) is 2.84. The standard InChI is InChI=1S/C15H12F3NO4.C10H12N2O5/c1-9(14(20)21)22-11-3-5-12(6-4-11)23-13-7-2-10(8-19-13)15(16,17)18;1-10(2,3)7-4-6(11(14)15)5-8(9(7)13)12(16)17/h2-9H,1H3,(H,20,21);4-5,13H,1-3H3. The third-order valence-electron chi connectivity index (χ3n) is 5.06. The fourth-order valence-corrected chi connectivity index (χ4v) is 2.99. The maximum Gasteiger partial charge on any atom is 0.417 e. The molecule has 0 radical (unpaired) electrons. The number of nitrogens with zero attached hydrogens (tertiary/aromatic N) is 3. The normalized spacial score (nSPS) is 12.0. The van der Waals surface area contributed by atoms with Gasteiger partial charge in [0.2, 0.25) is 5.88 Å². The molecule has 12 nitrogen and oxygen atoms in total. The van der Waals surface area contributed by atoms with Crippen LogP contribution >= 0.6 is 0 Å². The number of aromatic hydroxyl groups is 1. The summed E-state index contributed by atoms with van der Waals surface area (Å²) >= 11 is 0. The molecule has 1 atom stereocenters. The second-order valence-electron chi connectivity index (χ2n) is 9.18. The number of halogens is 3. The van der Waals surface area contributed by atoms with Gasteiger partial charge in [0.1, 0.15) is 11.5 Å². The van der Waals surface area contributed by atoms with E-state index in [0.717, 1.165) is 24.3 Å². The molecule has 15 heteroatoms. The molecule has 1 unspecified atom stereocenters. The number of rotatable bonds is 7. The Kier molecular flexibility index (Phi) is 9.59. The largest absolute Gasteiger partial charge is 0.502 e. The third-order valence-corrected chi connectivity index (χ3v) is 5.06. The summed E-state index contributed by atoms with van der Waals surface area (Å²) in [6.45, 7) is 6.50. The molecule has 0 aliphatic rings. The van der Waals surface area contributed by atoms with Gasteiger partial charge in [-0.1, -0.05) is 20.8 Å². The summed E-state index contributed by atoms with van der Waals surface area (Å²) in [4.78, 5) is 34.1. The third kappa shape index (κ3) is 8.54. The van der Waals surface area contributed by atoms with Crippen molar-refractivity contribution in [1.82, 2.24) is 4.98 Å². The van der Waals surface area contributed by atoms with Crippen LogP contribution < -0.4 is 9.47 Å². The van der Waals surface area contributed by atoms with Crippen LogP contribution in [0.3, 0.4) is 0 Å². The number of non-ortho nitro benzene ring substituents is 1. The highest BCUT2D eigenvalue weighted by atomic mass is 19.4. The summed E-state index contributed by atoms with van der Waals surface area (Å²) in [7, 11) is 0. The van der Waals surface area contributed by atoms with Crippen LogP contribution in [0.1, 0.15) is 38.8 Å². The number of phenols is 1. The molecule has 214 valence electrons. The zero-order chi connectivity index (χ0) is 30.4. The molecule has 40 heavy (non-hydrogen) atoms. The zero-order valence-corrected chi connectivity index (χ0v) is 21.5. The van der Waals surface area contributed by atoms with Gasteiger partial charge in [0, 0.05) is 23.9 Å². The van der Waals surface area contributed by atoms with Crippen molar-refractivity contribution in [3.63, 3.8) is 0 Å². The topological polar surface area (TPSA) is 175 Å². The number of nitro benzene ring substituents is 2. The molecule has 2 N–H and O–H groups in total. The highest BCUT2D eigenvalue weighted by molar-refractivity contribution is 5.72. The molecule has 0 aliphatic heterocycles. The number of ether oxygens (including phenoxy) is 2. The van der Waals surface area contributed by atoms with Crippen molar-refractivity contribution in [3.05, 3.63) is 86.1 Å². The van der Waals surface area contributed by atoms with Gasteiger partial charge in [-0.2, -0.15) is 13.2 Å². The highest BCUT2D eigenvalue weighted by Gasteiger charge is 2.31. The lowest BCUT2D eigenvalue weighted by molar-refractivity contribution is -0.394. The fraction of sp³-hybridized carbons (Fsp3) is 0.280. The SMILES string of the molecule is CC(C)(C)c1cc([N+](=O)[O-])cc([N+](=O)[O-])c1O.CC(Oc1ccc(Oc2ccc(C(F)(F)F)cn2)cc1)C(=O)O. The molecule has 2 aromatic carbocycles. The Morgan fingerprint density at radius 1 is 0.975 bits per heavy atom. The minimum absolute atomic E-state index is 0.00516. The Bertz CT molecular complexity index is 1370. The van der Waals surface area contributed by atoms with Gasteiger partial charge in [0.05, 0.1) is 21.5 Å². The first-order valence-electron chi connectivity index (χ1n) is 11.3. The summed E-state index contributed by atoms with van der Waals surface area (Å²) in [5.74, 6) is -0.960. The molecule has 0 amide bonds. The average molecular weight is 567 g/mol. The van der Waals surface area contributed by atoms with Crippen LogP contribution in [0, 0.1) is 20.2 Å². The van der Waals surface area contributed by atoms with Crippen LogP contribution in [0.15, 0.2) is 54.7 Å². The van der Waals surface area contributed by atoms with Crippen molar-refractivity contribution in [2.24, 2.45) is 0 Å². The van der Waals surface area contributed by atoms with Crippen molar-refractivity contribution < 1.29 is 47.5 Å². The van der Waals surface area contributed by atoms with Gasteiger partial charge in [-0.25, -0.2) is 9.78 Å². The van der Waals surface area contributed by atoms with E-state index in [4.69, 9.17) is 14.6 Å². The van der Waals surface area contributed by atoms with E-state index in [-0.39, 0.29) is 11.4 Å². The molecule has 0 spiro atoms. The summed E-state index contributed by atoms with van der Waals surface area (Å²) < 4.78 is 47.7. The smallest absolute Gasteiger partial charge is 0.417 e. The van der Waals surface area contributed by atoms with Gasteiger partial charge in [-0.3, -0.25) is 20.2 Å². The fourth-order valence-electron chi connectivity index (χ4n) is 2.99. The van der Waals surface area contributed by atoms with Gasteiger partial charge in [-0.15, -0.1) is 0 Å². The van der Waals surface area contributed by atoms with Crippen molar-refractivity contribution in [3.8, 4) is 23.1 Å². The van der Waals surface area contributed by atoms with Crippen molar-refractivity contribution in [1.29, 1.82) is 0 Å². The van der Waals surface area contributed by atoms with Gasteiger partial charge in [-0.05, 0) is 42.7 Å². The minimum Gasteiger partial charge on any atom is -0.502 e. The Hall–Kier alpha value is -4.95. The summed E-state index contributed by atoms with van der Waals surface area (Å²) in [6, 6.07) is 9.84. The number of carboxylic acids is 1. The lowest BCUT2D eigenvalue weighted by Crippen LogP contribution is -2.22. The number of aliphatic carboxylic acids is 1. The first kappa shape index (κ1) is 31.3. The van der Waals surface area contributed by atoms with Crippen LogP contribution in [-0.4, -0.2) is 37.1 Å². The van der Waals surface area contributed by atoms with Crippen LogP contribution in [-0.2, 0) is 16.4 Å². The number of nitro groups is 2. The number of pyridine rings is 1. The predicted octanol–water partition coefficient (Wildman–Crippen LogP) is 6.25. The summed E-state index contributed by atoms with van der Waals surface area (Å²) in [6.07, 6.45) is -4.77. The van der Waals surface area contributed by atoms with Crippen molar-refractivity contribution in [2.75, 3.05) is 0 Å². The molecule has 0 saturated heterocycles. The number of carboxylic acid groups (broad SMARTS) is 1. The van der Waals surface area contributed by atoms with Gasteiger partial charge >= 0.3 is 17.8 Å². The molecule has 0 bridgehead atoms. The summed E-state index contributed by atoms with van der Waals surface area (Å²) in [5, 5.41) is 39.8. The molecule has 1 heterocycles. The number of alkyl halides is 3. The number of phenolic OH excluding ortho intramolecular Hbond substituents is 1. The van der Waals surface area contributed by atoms with E-state index in [1.165, 1.54) is 31.2 Å². The molecule has 0 fully saturated rings. The number of hydrogen-bond donors (Lipinski definition) is 2. The molecule has 0 saturated carbocycles. The molecule has 3 rings (SSSR count). The lowest BCUT2D eigenvalue weighted by Gasteiger charge is -2.19. The number of benzene rings is 2. The van der Waals surface area contributed by atoms with E-state index in [9.17, 15) is 43.3 Å². The predicted molar refractivity (Wildman–Crippen MR) is 134 cm³/mol. The second-order valence-corrected chi connectivity index (χ2v) is 9.18. The van der Waals surface area contributed by atoms with E-state index in [2.05, 4.69) is 4.98 Å². The second kappa shape index (κ2) is 12.3. The van der Waals surface area contributed by atoms with E-state index in [1.54, 1.807) is 20.8 Å². The van der Waals surface area contributed by atoms with E-state index >= 15 is 0 Å². The molecular formula is C25H24F3N3O9. The van der Waals surface area contributed by atoms with E-state index in [0.29, 0.717) is 17.7 Å². The zero-order valence-electron chi connectivity index (χ0n) is 21.5. The van der Waals surface area contributed by atoms with Crippen molar-refractivity contribution >= 4 is 17.3 Å². The van der Waals surface area contributed by atoms with Gasteiger partial charge in [0.15, 0.2) is 11.9 Å². The van der Waals surface area contributed by atoms with E-state index < -0.39 is 56.2 Å². The molecular weight excluding hydrogens is 543 g/mol. The van der Waals surface area contributed by atoms with Crippen LogP contribution in [0.25, 0.3) is 0 Å². The maximum absolute atomic E-state index is 12.4. The number of carbonyl (C=O) groups is 1. The molecule has 3 aromatic rings. The monoisotopic (exact) mass is 567 g/mol. The number of hydrogen-bond acceptors (Lipinski definition) is 9. The first-order chi connectivity index (χ1) is 18.4. The lowest BCUT2D eigenvalue weighted by atomic mass is 9.85. The van der Waals surface area contributed by atoms with Crippen LogP contribution in [0.5, 0.6) is 23.1 Å². The number of aromatic nitrogens is 1. The Morgan fingerprint density at radius 2 is 1.55 bits per heavy atom. The highest BCUT2D eigenvalue weighted by Crippen LogP contribution is 2.40. The van der Waals surface area contributed by atoms with Gasteiger partial charge < -0.3 is 19.7 Å². The van der Waals surface area contributed by atoms with Crippen LogP contribution in [0.4, 0.5) is 24.5 Å². The Labute approximate surface area is 224 Å². The Morgan fingerprint density at radius 3 is 1.98 bits per heavy atom. The quantitative estimate of drug-likeness (QED) is 0.245. The Balaban J connectivity index is 0.000000294. The van der Waals surface area contributed by atoms with E-state index in [1.807, 2.05) is 0 Å². The molecule has 1 aromatic heterocycles. The maximum atomic E-state index is 12.4. The first-order valence-corrected chi connectivity index (χ1v) is 11.3.